The maximum atomic E-state index is 9.82. The van der Waals surface area contributed by atoms with Crippen molar-refractivity contribution in [2.24, 2.45) is 0 Å². The number of hydrogen-bond acceptors (Lipinski definition) is 2. The lowest BCUT2D eigenvalue weighted by atomic mass is 10.1. The molecule has 1 aromatic heterocycles. The van der Waals surface area contributed by atoms with E-state index in [2.05, 4.69) is 36.8 Å². The van der Waals surface area contributed by atoms with E-state index in [0.29, 0.717) is 5.56 Å². The first-order chi connectivity index (χ1) is 8.02. The van der Waals surface area contributed by atoms with E-state index in [0.717, 1.165) is 26.1 Å². The third-order valence-electron chi connectivity index (χ3n) is 2.26. The standard InChI is InChI=1S/C11H7Br2ClN2O/c12-5-1-7-8(3-6(14)4-15)11(17)16-10(7)9(13)2-5/h1-4,15-17H/b6-3+,15-4?. The molecular formula is C11H7Br2ClN2O. The van der Waals surface area contributed by atoms with Crippen LogP contribution in [-0.2, 0) is 0 Å². The number of aromatic amines is 1. The van der Waals surface area contributed by atoms with Gasteiger partial charge in [0.2, 0.25) is 0 Å². The second kappa shape index (κ2) is 4.84. The van der Waals surface area contributed by atoms with Crippen LogP contribution in [0.5, 0.6) is 5.88 Å². The Kier molecular flexibility index (Phi) is 3.61. The SMILES string of the molecule is N=C/C(Cl)=C\c1c(O)[nH]c2c(Br)cc(Br)cc12. The van der Waals surface area contributed by atoms with Crippen LogP contribution in [0.2, 0.25) is 0 Å². The Hall–Kier alpha value is -0.780. The molecule has 0 bridgehead atoms. The Morgan fingerprint density at radius 2 is 2.12 bits per heavy atom. The van der Waals surface area contributed by atoms with Gasteiger partial charge in [0.1, 0.15) is 0 Å². The quantitative estimate of drug-likeness (QED) is 0.656. The molecule has 0 unspecified atom stereocenters. The molecule has 0 saturated carbocycles. The average molecular weight is 378 g/mol. The summed E-state index contributed by atoms with van der Waals surface area (Å²) in [6.45, 7) is 0. The van der Waals surface area contributed by atoms with Crippen molar-refractivity contribution in [3.05, 3.63) is 31.7 Å². The summed E-state index contributed by atoms with van der Waals surface area (Å²) in [5.41, 5.74) is 1.35. The number of allylic oxidation sites excluding steroid dienone is 1. The lowest BCUT2D eigenvalue weighted by molar-refractivity contribution is 0.457. The van der Waals surface area contributed by atoms with Gasteiger partial charge in [-0.1, -0.05) is 27.5 Å². The van der Waals surface area contributed by atoms with Gasteiger partial charge < -0.3 is 15.5 Å². The molecule has 17 heavy (non-hydrogen) atoms. The summed E-state index contributed by atoms with van der Waals surface area (Å²) in [5, 5.41) is 17.9. The molecule has 0 fully saturated rings. The van der Waals surface area contributed by atoms with Gasteiger partial charge in [-0.05, 0) is 34.1 Å². The first kappa shape index (κ1) is 12.7. The molecule has 88 valence electrons. The number of benzene rings is 1. The molecule has 6 heteroatoms. The number of aromatic hydroxyl groups is 1. The third-order valence-corrected chi connectivity index (χ3v) is 3.57. The summed E-state index contributed by atoms with van der Waals surface area (Å²) in [7, 11) is 0. The maximum Gasteiger partial charge on any atom is 0.196 e. The molecule has 1 aromatic carbocycles. The lowest BCUT2D eigenvalue weighted by Crippen LogP contribution is -1.76. The van der Waals surface area contributed by atoms with E-state index in [1.54, 1.807) is 6.08 Å². The Morgan fingerprint density at radius 3 is 2.76 bits per heavy atom. The van der Waals surface area contributed by atoms with Crippen LogP contribution >= 0.6 is 43.5 Å². The predicted molar refractivity (Wildman–Crippen MR) is 78.0 cm³/mol. The Bertz CT molecular complexity index is 634. The summed E-state index contributed by atoms with van der Waals surface area (Å²) >= 11 is 12.6. The zero-order chi connectivity index (χ0) is 12.6. The van der Waals surface area contributed by atoms with Gasteiger partial charge in [0, 0.05) is 26.1 Å². The lowest BCUT2D eigenvalue weighted by Gasteiger charge is -1.97. The molecular weight excluding hydrogens is 371 g/mol. The Balaban J connectivity index is 2.79. The van der Waals surface area contributed by atoms with Crippen molar-refractivity contribution in [2.45, 2.75) is 0 Å². The molecule has 0 radical (unpaired) electrons. The van der Waals surface area contributed by atoms with Gasteiger partial charge in [0.25, 0.3) is 0 Å². The molecule has 3 N–H and O–H groups in total. The number of H-pyrrole nitrogens is 1. The summed E-state index contributed by atoms with van der Waals surface area (Å²) in [6, 6.07) is 3.75. The Labute approximate surface area is 119 Å². The number of fused-ring (bicyclic) bond motifs is 1. The molecule has 1 heterocycles. The Morgan fingerprint density at radius 1 is 1.41 bits per heavy atom. The second-order valence-electron chi connectivity index (χ2n) is 3.37. The molecule has 0 aliphatic carbocycles. The van der Waals surface area contributed by atoms with Crippen molar-refractivity contribution in [3.63, 3.8) is 0 Å². The zero-order valence-electron chi connectivity index (χ0n) is 8.39. The molecule has 0 aliphatic heterocycles. The van der Waals surface area contributed by atoms with Crippen LogP contribution < -0.4 is 0 Å². The fraction of sp³-hybridized carbons (Fsp3) is 0. The predicted octanol–water partition coefficient (Wildman–Crippen LogP) is 4.63. The number of nitrogens with one attached hydrogen (secondary N) is 2. The fourth-order valence-electron chi connectivity index (χ4n) is 1.55. The van der Waals surface area contributed by atoms with Gasteiger partial charge in [0.05, 0.1) is 10.5 Å². The minimum atomic E-state index is 0.0267. The van der Waals surface area contributed by atoms with E-state index in [9.17, 15) is 5.11 Å². The van der Waals surface area contributed by atoms with Gasteiger partial charge in [-0.2, -0.15) is 0 Å². The first-order valence-corrected chi connectivity index (χ1v) is 6.56. The van der Waals surface area contributed by atoms with Crippen LogP contribution in [0.1, 0.15) is 5.56 Å². The van der Waals surface area contributed by atoms with E-state index >= 15 is 0 Å². The molecule has 2 aromatic rings. The van der Waals surface area contributed by atoms with Crippen molar-refractivity contribution in [1.82, 2.24) is 4.98 Å². The molecule has 0 aliphatic rings. The van der Waals surface area contributed by atoms with Crippen molar-refractivity contribution in [3.8, 4) is 5.88 Å². The summed E-state index contributed by atoms with van der Waals surface area (Å²) in [4.78, 5) is 2.86. The highest BCUT2D eigenvalue weighted by molar-refractivity contribution is 9.11. The monoisotopic (exact) mass is 376 g/mol. The van der Waals surface area contributed by atoms with Gasteiger partial charge in [-0.25, -0.2) is 0 Å². The number of hydrogen-bond donors (Lipinski definition) is 3. The molecule has 0 saturated heterocycles. The van der Waals surface area contributed by atoms with Gasteiger partial charge >= 0.3 is 0 Å². The molecule has 3 nitrogen and oxygen atoms in total. The fourth-order valence-corrected chi connectivity index (χ4v) is 2.99. The van der Waals surface area contributed by atoms with Crippen molar-refractivity contribution in [1.29, 1.82) is 5.41 Å². The first-order valence-electron chi connectivity index (χ1n) is 4.60. The third kappa shape index (κ3) is 2.41. The van der Waals surface area contributed by atoms with Crippen LogP contribution in [0.4, 0.5) is 0 Å². The highest BCUT2D eigenvalue weighted by Gasteiger charge is 2.12. The van der Waals surface area contributed by atoms with Crippen LogP contribution in [0.15, 0.2) is 26.1 Å². The summed E-state index contributed by atoms with van der Waals surface area (Å²) in [6.07, 6.45) is 2.56. The van der Waals surface area contributed by atoms with Crippen molar-refractivity contribution < 1.29 is 5.11 Å². The van der Waals surface area contributed by atoms with Crippen LogP contribution in [-0.4, -0.2) is 16.3 Å². The molecule has 2 rings (SSSR count). The summed E-state index contributed by atoms with van der Waals surface area (Å²) in [5.74, 6) is 0.0267. The number of aromatic nitrogens is 1. The van der Waals surface area contributed by atoms with Crippen LogP contribution in [0, 0.1) is 5.41 Å². The highest BCUT2D eigenvalue weighted by atomic mass is 79.9. The molecule has 0 amide bonds. The normalized spacial score (nSPS) is 12.1. The van der Waals surface area contributed by atoms with Crippen LogP contribution in [0.3, 0.4) is 0 Å². The van der Waals surface area contributed by atoms with Gasteiger partial charge in [-0.15, -0.1) is 0 Å². The maximum absolute atomic E-state index is 9.82. The van der Waals surface area contributed by atoms with E-state index < -0.39 is 0 Å². The number of halogens is 3. The minimum absolute atomic E-state index is 0.0267. The van der Waals surface area contributed by atoms with Gasteiger partial charge in [-0.3, -0.25) is 0 Å². The second-order valence-corrected chi connectivity index (χ2v) is 5.58. The van der Waals surface area contributed by atoms with Gasteiger partial charge in [0.15, 0.2) is 5.88 Å². The molecule has 0 spiro atoms. The molecule has 0 atom stereocenters. The van der Waals surface area contributed by atoms with E-state index in [1.807, 2.05) is 12.1 Å². The minimum Gasteiger partial charge on any atom is -0.494 e. The topological polar surface area (TPSA) is 59.9 Å². The van der Waals surface area contributed by atoms with E-state index in [4.69, 9.17) is 17.0 Å². The summed E-state index contributed by atoms with van der Waals surface area (Å²) < 4.78 is 1.72. The van der Waals surface area contributed by atoms with E-state index in [-0.39, 0.29) is 10.9 Å². The smallest absolute Gasteiger partial charge is 0.196 e. The van der Waals surface area contributed by atoms with Crippen LogP contribution in [0.25, 0.3) is 17.0 Å². The highest BCUT2D eigenvalue weighted by Crippen LogP contribution is 2.35. The largest absolute Gasteiger partial charge is 0.494 e. The van der Waals surface area contributed by atoms with E-state index in [1.165, 1.54) is 0 Å². The zero-order valence-corrected chi connectivity index (χ0v) is 12.3. The van der Waals surface area contributed by atoms with Crippen molar-refractivity contribution >= 4 is 66.7 Å². The number of rotatable bonds is 2. The average Bonchev–Trinajstić information content (AvgIpc) is 2.57. The van der Waals surface area contributed by atoms with Crippen molar-refractivity contribution in [2.75, 3.05) is 0 Å².